The first-order valence-corrected chi connectivity index (χ1v) is 14.2. The summed E-state index contributed by atoms with van der Waals surface area (Å²) in [6.07, 6.45) is 2.68. The second-order valence-electron chi connectivity index (χ2n) is 9.43. The fraction of sp³-hybridized carbons (Fsp3) is 0.583. The summed E-state index contributed by atoms with van der Waals surface area (Å²) >= 11 is 6.19. The molecule has 0 atom stereocenters. The molecule has 1 amide bonds. The Kier molecular flexibility index (Phi) is 7.03. The molecule has 0 bridgehead atoms. The van der Waals surface area contributed by atoms with E-state index in [-0.39, 0.29) is 16.5 Å². The molecule has 10 nitrogen and oxygen atoms in total. The van der Waals surface area contributed by atoms with Gasteiger partial charge in [0.1, 0.15) is 0 Å². The summed E-state index contributed by atoms with van der Waals surface area (Å²) in [6.45, 7) is 7.96. The molecule has 3 aliphatic heterocycles. The molecule has 5 rings (SSSR count). The van der Waals surface area contributed by atoms with Gasteiger partial charge in [-0.2, -0.15) is 9.40 Å². The van der Waals surface area contributed by atoms with Gasteiger partial charge >= 0.3 is 0 Å². The number of likely N-dealkylation sites (tertiary alicyclic amines) is 1. The third-order valence-electron chi connectivity index (χ3n) is 7.24. The first-order chi connectivity index (χ1) is 17.2. The number of hydrogen-bond donors (Lipinski definition) is 0. The zero-order valence-electron chi connectivity index (χ0n) is 20.7. The molecule has 0 saturated carbocycles. The van der Waals surface area contributed by atoms with Gasteiger partial charge in [-0.15, -0.1) is 0 Å². The van der Waals surface area contributed by atoms with Gasteiger partial charge in [-0.05, 0) is 31.5 Å². The number of amides is 1. The molecule has 3 saturated heterocycles. The molecule has 0 aliphatic carbocycles. The van der Waals surface area contributed by atoms with Crippen LogP contribution in [0.3, 0.4) is 0 Å². The molecular formula is C24H32ClN5O5S. The summed E-state index contributed by atoms with van der Waals surface area (Å²) in [5.41, 5.74) is 2.21. The Bertz CT molecular complexity index is 1230. The Balaban J connectivity index is 1.33. The fourth-order valence-electron chi connectivity index (χ4n) is 5.12. The number of ether oxygens (including phenoxy) is 2. The molecule has 0 unspecified atom stereocenters. The number of nitrogens with zero attached hydrogens (tertiary/aromatic N) is 5. The van der Waals surface area contributed by atoms with Crippen LogP contribution in [0, 0.1) is 6.92 Å². The van der Waals surface area contributed by atoms with Crippen molar-refractivity contribution < 1.29 is 22.7 Å². The quantitative estimate of drug-likeness (QED) is 0.577. The minimum atomic E-state index is -3.96. The maximum Gasteiger partial charge on any atom is 0.263 e. The lowest BCUT2D eigenvalue weighted by molar-refractivity contribution is -0.181. The number of carbonyl (C=O) groups excluding carboxylic acids is 1. The minimum Gasteiger partial charge on any atom is -0.369 e. The molecule has 2 aromatic rings. The van der Waals surface area contributed by atoms with Crippen LogP contribution in [0.4, 0.5) is 5.69 Å². The Morgan fingerprint density at radius 3 is 2.39 bits per heavy atom. The van der Waals surface area contributed by atoms with E-state index >= 15 is 0 Å². The number of benzene rings is 1. The van der Waals surface area contributed by atoms with Crippen LogP contribution >= 0.6 is 11.6 Å². The summed E-state index contributed by atoms with van der Waals surface area (Å²) in [6, 6.07) is 5.72. The van der Waals surface area contributed by atoms with E-state index in [1.165, 1.54) is 8.99 Å². The van der Waals surface area contributed by atoms with E-state index in [0.29, 0.717) is 76.9 Å². The third kappa shape index (κ3) is 4.74. The van der Waals surface area contributed by atoms with Crippen molar-refractivity contribution in [2.24, 2.45) is 0 Å². The lowest BCUT2D eigenvalue weighted by Crippen LogP contribution is -2.49. The number of hydrogen-bond acceptors (Lipinski definition) is 7. The lowest BCUT2D eigenvalue weighted by atomic mass is 10.0. The van der Waals surface area contributed by atoms with Crippen molar-refractivity contribution in [2.45, 2.75) is 44.0 Å². The molecule has 196 valence electrons. The first-order valence-electron chi connectivity index (χ1n) is 12.4. The average Bonchev–Trinajstić information content (AvgIpc) is 3.53. The summed E-state index contributed by atoms with van der Waals surface area (Å²) in [7, 11) is -3.96. The van der Waals surface area contributed by atoms with Gasteiger partial charge in [0.25, 0.3) is 15.9 Å². The number of rotatable bonds is 5. The highest BCUT2D eigenvalue weighted by Gasteiger charge is 2.42. The van der Waals surface area contributed by atoms with Gasteiger partial charge in [0, 0.05) is 75.6 Å². The highest BCUT2D eigenvalue weighted by Crippen LogP contribution is 2.33. The van der Waals surface area contributed by atoms with Crippen LogP contribution < -0.4 is 4.90 Å². The van der Waals surface area contributed by atoms with Crippen molar-refractivity contribution in [3.63, 3.8) is 0 Å². The molecule has 0 N–H and O–H groups in total. The monoisotopic (exact) mass is 537 g/mol. The number of sulfonamides is 1. The zero-order valence-corrected chi connectivity index (χ0v) is 22.2. The molecular weight excluding hydrogens is 506 g/mol. The summed E-state index contributed by atoms with van der Waals surface area (Å²) < 4.78 is 41.8. The van der Waals surface area contributed by atoms with Gasteiger partial charge in [0.05, 0.1) is 18.8 Å². The normalized spacial score (nSPS) is 20.9. The van der Waals surface area contributed by atoms with Crippen molar-refractivity contribution in [1.82, 2.24) is 19.0 Å². The molecule has 36 heavy (non-hydrogen) atoms. The Morgan fingerprint density at radius 2 is 1.75 bits per heavy atom. The zero-order chi connectivity index (χ0) is 25.5. The largest absolute Gasteiger partial charge is 0.369 e. The number of piperidine rings is 1. The predicted molar refractivity (Wildman–Crippen MR) is 135 cm³/mol. The number of carbonyl (C=O) groups is 1. The number of piperazine rings is 1. The van der Waals surface area contributed by atoms with E-state index in [1.807, 2.05) is 32.0 Å². The topological polar surface area (TPSA) is 97.2 Å². The van der Waals surface area contributed by atoms with Gasteiger partial charge in [-0.25, -0.2) is 8.42 Å². The highest BCUT2D eigenvalue weighted by molar-refractivity contribution is 7.89. The van der Waals surface area contributed by atoms with Crippen LogP contribution in [-0.2, 0) is 26.0 Å². The number of aromatic nitrogens is 2. The van der Waals surface area contributed by atoms with Crippen molar-refractivity contribution in [2.75, 3.05) is 57.4 Å². The highest BCUT2D eigenvalue weighted by atomic mass is 35.5. The third-order valence-corrected chi connectivity index (χ3v) is 9.31. The lowest BCUT2D eigenvalue weighted by Gasteiger charge is -2.37. The maximum atomic E-state index is 13.7. The van der Waals surface area contributed by atoms with Gasteiger partial charge in [-0.3, -0.25) is 9.48 Å². The van der Waals surface area contributed by atoms with Crippen LogP contribution in [0.15, 0.2) is 29.4 Å². The van der Waals surface area contributed by atoms with Crippen molar-refractivity contribution in [1.29, 1.82) is 0 Å². The Morgan fingerprint density at radius 1 is 1.08 bits per heavy atom. The van der Waals surface area contributed by atoms with Gasteiger partial charge in [0.15, 0.2) is 5.79 Å². The van der Waals surface area contributed by atoms with Crippen LogP contribution in [-0.4, -0.2) is 91.6 Å². The van der Waals surface area contributed by atoms with E-state index in [2.05, 4.69) is 10.00 Å². The first kappa shape index (κ1) is 25.5. The van der Waals surface area contributed by atoms with Gasteiger partial charge in [0.2, 0.25) is 5.03 Å². The van der Waals surface area contributed by atoms with Gasteiger partial charge in [-0.1, -0.05) is 17.7 Å². The molecule has 1 spiro atoms. The number of aryl methyl sites for hydroxylation is 2. The molecule has 1 aromatic heterocycles. The maximum absolute atomic E-state index is 13.7. The van der Waals surface area contributed by atoms with Crippen LogP contribution in [0.2, 0.25) is 5.02 Å². The predicted octanol–water partition coefficient (Wildman–Crippen LogP) is 2.35. The van der Waals surface area contributed by atoms with E-state index in [0.717, 1.165) is 11.3 Å². The minimum absolute atomic E-state index is 0.120. The second kappa shape index (κ2) is 9.94. The summed E-state index contributed by atoms with van der Waals surface area (Å²) in [5, 5.41) is 4.80. The van der Waals surface area contributed by atoms with Crippen molar-refractivity contribution in [3.05, 3.63) is 40.5 Å². The average molecular weight is 538 g/mol. The molecule has 3 aliphatic rings. The van der Waals surface area contributed by atoms with Crippen LogP contribution in [0.25, 0.3) is 0 Å². The summed E-state index contributed by atoms with van der Waals surface area (Å²) in [5.74, 6) is -0.936. The molecule has 4 heterocycles. The Labute approximate surface area is 216 Å². The van der Waals surface area contributed by atoms with E-state index in [9.17, 15) is 13.2 Å². The van der Waals surface area contributed by atoms with Crippen molar-refractivity contribution >= 4 is 33.2 Å². The van der Waals surface area contributed by atoms with Crippen LogP contribution in [0.1, 0.15) is 35.7 Å². The van der Waals surface area contributed by atoms with E-state index in [1.54, 1.807) is 11.1 Å². The molecule has 1 aromatic carbocycles. The summed E-state index contributed by atoms with van der Waals surface area (Å²) in [4.78, 5) is 17.3. The van der Waals surface area contributed by atoms with Crippen molar-refractivity contribution in [3.8, 4) is 0 Å². The standard InChI is InChI=1S/C24H32ClN5O5S/c1-3-29-17-20(23(31)28-8-6-24(7-9-28)34-14-15-35-24)22(26-29)36(32,33)30-12-10-27(11-13-30)21-16-19(25)5-4-18(21)2/h4-5,16-17H,3,6-15H2,1-2H3. The Hall–Kier alpha value is -2.18. The number of halogens is 1. The molecule has 12 heteroatoms. The second-order valence-corrected chi connectivity index (χ2v) is 11.7. The van der Waals surface area contributed by atoms with E-state index < -0.39 is 15.8 Å². The fourth-order valence-corrected chi connectivity index (χ4v) is 6.81. The van der Waals surface area contributed by atoms with Crippen LogP contribution in [0.5, 0.6) is 0 Å². The smallest absolute Gasteiger partial charge is 0.263 e. The SMILES string of the molecule is CCn1cc(C(=O)N2CCC3(CC2)OCCO3)c(S(=O)(=O)N2CCN(c3cc(Cl)ccc3C)CC2)n1. The molecule has 3 fully saturated rings. The van der Waals surface area contributed by atoms with E-state index in [4.69, 9.17) is 21.1 Å². The van der Waals surface area contributed by atoms with Gasteiger partial charge < -0.3 is 19.3 Å². The molecule has 0 radical (unpaired) electrons. The number of anilines is 1.